The monoisotopic (exact) mass is 349 g/mol. The third kappa shape index (κ3) is 2.40. The fourth-order valence-electron chi connectivity index (χ4n) is 3.00. The van der Waals surface area contributed by atoms with E-state index in [1.54, 1.807) is 11.3 Å². The average Bonchev–Trinajstić information content (AvgIpc) is 2.64. The van der Waals surface area contributed by atoms with Crippen LogP contribution in [-0.2, 0) is 16.4 Å². The van der Waals surface area contributed by atoms with Gasteiger partial charge in [-0.3, -0.25) is 4.90 Å². The second-order valence-electron chi connectivity index (χ2n) is 5.35. The van der Waals surface area contributed by atoms with Crippen LogP contribution >= 0.6 is 27.3 Å². The van der Waals surface area contributed by atoms with Crippen LogP contribution in [0.25, 0.3) is 0 Å². The molecular weight excluding hydrogens is 334 g/mol. The second kappa shape index (κ2) is 4.58. The van der Waals surface area contributed by atoms with Gasteiger partial charge in [-0.2, -0.15) is 0 Å². The Hall–Kier alpha value is 0.0900. The lowest BCUT2D eigenvalue weighted by atomic mass is 9.76. The highest BCUT2D eigenvalue weighted by atomic mass is 79.9. The van der Waals surface area contributed by atoms with Crippen molar-refractivity contribution >= 4 is 37.1 Å². The normalized spacial score (nSPS) is 26.1. The van der Waals surface area contributed by atoms with Crippen LogP contribution in [0.5, 0.6) is 0 Å². The topological polar surface area (TPSA) is 37.4 Å². The lowest BCUT2D eigenvalue weighted by Gasteiger charge is -2.52. The molecule has 0 aromatic carbocycles. The largest absolute Gasteiger partial charge is 0.291 e. The highest BCUT2D eigenvalue weighted by Crippen LogP contribution is 2.42. The number of nitrogens with zero attached hydrogens (tertiary/aromatic N) is 1. The molecule has 2 fully saturated rings. The minimum atomic E-state index is -2.82. The number of hydrogen-bond acceptors (Lipinski definition) is 4. The van der Waals surface area contributed by atoms with Crippen LogP contribution in [0.1, 0.15) is 24.8 Å². The maximum absolute atomic E-state index is 11.8. The summed E-state index contributed by atoms with van der Waals surface area (Å²) in [4.78, 5) is 2.39. The molecule has 1 saturated heterocycles. The minimum absolute atomic E-state index is 0.0501. The van der Waals surface area contributed by atoms with E-state index in [0.717, 1.165) is 23.2 Å². The zero-order valence-electron chi connectivity index (χ0n) is 10.1. The van der Waals surface area contributed by atoms with Crippen LogP contribution in [0.2, 0.25) is 0 Å². The van der Waals surface area contributed by atoms with E-state index in [4.69, 9.17) is 0 Å². The molecule has 0 N–H and O–H groups in total. The summed E-state index contributed by atoms with van der Waals surface area (Å²) in [7, 11) is -2.82. The van der Waals surface area contributed by atoms with Crippen LogP contribution < -0.4 is 0 Å². The van der Waals surface area contributed by atoms with Crippen molar-refractivity contribution in [3.05, 3.63) is 20.8 Å². The van der Waals surface area contributed by atoms with Crippen LogP contribution in [-0.4, -0.2) is 36.9 Å². The predicted molar refractivity (Wildman–Crippen MR) is 77.7 cm³/mol. The van der Waals surface area contributed by atoms with E-state index in [2.05, 4.69) is 32.3 Å². The molecule has 0 bridgehead atoms. The third-order valence-corrected chi connectivity index (χ3v) is 7.45. The van der Waals surface area contributed by atoms with E-state index in [0.29, 0.717) is 18.1 Å². The molecule has 2 heterocycles. The molecule has 18 heavy (non-hydrogen) atoms. The summed E-state index contributed by atoms with van der Waals surface area (Å²) in [5.41, 5.74) is 1.24. The Kier molecular flexibility index (Phi) is 3.33. The first-order chi connectivity index (χ1) is 8.49. The quantitative estimate of drug-likeness (QED) is 0.823. The summed E-state index contributed by atoms with van der Waals surface area (Å²) in [5, 5.41) is 2.15. The van der Waals surface area contributed by atoms with Gasteiger partial charge in [-0.1, -0.05) is 0 Å². The fourth-order valence-corrected chi connectivity index (χ4v) is 6.13. The molecule has 3 rings (SSSR count). The van der Waals surface area contributed by atoms with Gasteiger partial charge in [-0.15, -0.1) is 11.3 Å². The number of halogens is 1. The maximum Gasteiger partial charge on any atom is 0.153 e. The van der Waals surface area contributed by atoms with Crippen LogP contribution in [0, 0.1) is 0 Å². The van der Waals surface area contributed by atoms with Crippen molar-refractivity contribution in [1.82, 2.24) is 4.90 Å². The zero-order chi connectivity index (χ0) is 12.8. The summed E-state index contributed by atoms with van der Waals surface area (Å²) in [6.07, 6.45) is 3.24. The average molecular weight is 350 g/mol. The Labute approximate surface area is 120 Å². The van der Waals surface area contributed by atoms with Crippen molar-refractivity contribution in [2.75, 3.05) is 18.1 Å². The highest BCUT2D eigenvalue weighted by molar-refractivity contribution is 9.11. The molecule has 1 aliphatic heterocycles. The molecule has 1 aromatic heterocycles. The van der Waals surface area contributed by atoms with Crippen molar-refractivity contribution in [3.63, 3.8) is 0 Å². The lowest BCUT2D eigenvalue weighted by molar-refractivity contribution is 0.0273. The molecule has 1 aliphatic carbocycles. The first-order valence-corrected chi connectivity index (χ1v) is 9.67. The SMILES string of the molecule is O=S1(=O)CCN(Cc2csc(Br)c2)C2(CCC2)C1. The zero-order valence-corrected chi connectivity index (χ0v) is 13.3. The molecule has 1 saturated carbocycles. The predicted octanol–water partition coefficient (Wildman–Crippen LogP) is 2.66. The van der Waals surface area contributed by atoms with E-state index >= 15 is 0 Å². The van der Waals surface area contributed by atoms with Gasteiger partial charge < -0.3 is 0 Å². The standard InChI is InChI=1S/C12H16BrNO2S2/c13-11-6-10(8-17-11)7-14-4-5-18(15,16)9-12(14)2-1-3-12/h6,8H,1-5,7,9H2. The van der Waals surface area contributed by atoms with E-state index in [1.165, 1.54) is 12.0 Å². The number of sulfone groups is 1. The molecular formula is C12H16BrNO2S2. The van der Waals surface area contributed by atoms with Crippen molar-refractivity contribution in [1.29, 1.82) is 0 Å². The maximum atomic E-state index is 11.8. The van der Waals surface area contributed by atoms with Gasteiger partial charge in [0.2, 0.25) is 0 Å². The smallest absolute Gasteiger partial charge is 0.153 e. The molecule has 1 spiro atoms. The Balaban J connectivity index is 1.79. The summed E-state index contributed by atoms with van der Waals surface area (Å²) < 4.78 is 24.8. The number of hydrogen-bond donors (Lipinski definition) is 0. The van der Waals surface area contributed by atoms with Crippen molar-refractivity contribution < 1.29 is 8.42 Å². The molecule has 3 nitrogen and oxygen atoms in total. The van der Waals surface area contributed by atoms with Crippen molar-refractivity contribution in [3.8, 4) is 0 Å². The van der Waals surface area contributed by atoms with Gasteiger partial charge in [0, 0.05) is 18.6 Å². The minimum Gasteiger partial charge on any atom is -0.291 e. The van der Waals surface area contributed by atoms with E-state index in [1.807, 2.05) is 0 Å². The molecule has 0 amide bonds. The number of thiophene rings is 1. The first-order valence-electron chi connectivity index (χ1n) is 6.18. The lowest BCUT2D eigenvalue weighted by Crippen LogP contribution is -2.62. The summed E-state index contributed by atoms with van der Waals surface area (Å²) in [6, 6.07) is 2.14. The van der Waals surface area contributed by atoms with Crippen molar-refractivity contribution in [2.45, 2.75) is 31.3 Å². The van der Waals surface area contributed by atoms with Gasteiger partial charge in [0.05, 0.1) is 15.3 Å². The van der Waals surface area contributed by atoms with Crippen molar-refractivity contribution in [2.24, 2.45) is 0 Å². The molecule has 2 aliphatic rings. The van der Waals surface area contributed by atoms with Gasteiger partial charge in [-0.05, 0) is 52.2 Å². The number of rotatable bonds is 2. The third-order valence-electron chi connectivity index (χ3n) is 4.11. The van der Waals surface area contributed by atoms with Crippen LogP contribution in [0.4, 0.5) is 0 Å². The second-order valence-corrected chi connectivity index (χ2v) is 9.83. The summed E-state index contributed by atoms with van der Waals surface area (Å²) in [6.45, 7) is 1.58. The van der Waals surface area contributed by atoms with Gasteiger partial charge in [0.15, 0.2) is 9.84 Å². The Morgan fingerprint density at radius 3 is 2.78 bits per heavy atom. The van der Waals surface area contributed by atoms with Crippen LogP contribution in [0.3, 0.4) is 0 Å². The summed E-state index contributed by atoms with van der Waals surface area (Å²) in [5.74, 6) is 0.686. The van der Waals surface area contributed by atoms with Gasteiger partial charge >= 0.3 is 0 Å². The molecule has 0 radical (unpaired) electrons. The molecule has 0 unspecified atom stereocenters. The molecule has 1 aromatic rings. The molecule has 6 heteroatoms. The fraction of sp³-hybridized carbons (Fsp3) is 0.667. The van der Waals surface area contributed by atoms with E-state index < -0.39 is 9.84 Å². The first kappa shape index (κ1) is 13.1. The van der Waals surface area contributed by atoms with Gasteiger partial charge in [-0.25, -0.2) is 8.42 Å². The van der Waals surface area contributed by atoms with Gasteiger partial charge in [0.25, 0.3) is 0 Å². The Bertz CT molecular complexity index is 548. The van der Waals surface area contributed by atoms with Crippen LogP contribution in [0.15, 0.2) is 15.2 Å². The van der Waals surface area contributed by atoms with E-state index in [-0.39, 0.29) is 5.54 Å². The molecule has 100 valence electrons. The van der Waals surface area contributed by atoms with Gasteiger partial charge in [0.1, 0.15) is 0 Å². The highest BCUT2D eigenvalue weighted by Gasteiger charge is 2.48. The summed E-state index contributed by atoms with van der Waals surface area (Å²) >= 11 is 5.17. The molecule has 0 atom stereocenters. The Morgan fingerprint density at radius 2 is 2.22 bits per heavy atom. The Morgan fingerprint density at radius 1 is 1.44 bits per heavy atom. The van der Waals surface area contributed by atoms with E-state index in [9.17, 15) is 8.42 Å².